The molecule has 0 amide bonds. The molecule has 1 unspecified atom stereocenters. The lowest BCUT2D eigenvalue weighted by Gasteiger charge is -2.20. The zero-order valence-corrected chi connectivity index (χ0v) is 10.7. The van der Waals surface area contributed by atoms with E-state index in [4.69, 9.17) is 9.84 Å². The van der Waals surface area contributed by atoms with Gasteiger partial charge in [-0.3, -0.25) is 4.79 Å². The van der Waals surface area contributed by atoms with Crippen molar-refractivity contribution in [3.05, 3.63) is 16.1 Å². The molecular formula is C12H17NO3S. The lowest BCUT2D eigenvalue weighted by Crippen LogP contribution is -2.15. The molecule has 0 aromatic carbocycles. The average Bonchev–Trinajstić information content (AvgIpc) is 2.80. The maximum atomic E-state index is 11.1. The Bertz CT molecular complexity index is 385. The summed E-state index contributed by atoms with van der Waals surface area (Å²) in [7, 11) is 0. The minimum Gasteiger partial charge on any atom is -0.481 e. The smallest absolute Gasteiger partial charge is 0.313 e. The van der Waals surface area contributed by atoms with E-state index in [1.54, 1.807) is 0 Å². The van der Waals surface area contributed by atoms with Crippen LogP contribution in [-0.4, -0.2) is 29.3 Å². The number of thiazole rings is 1. The van der Waals surface area contributed by atoms with E-state index in [0.29, 0.717) is 12.3 Å². The number of carbonyl (C=O) groups is 1. The van der Waals surface area contributed by atoms with Gasteiger partial charge in [0.15, 0.2) is 0 Å². The molecular weight excluding hydrogens is 238 g/mol. The number of aliphatic carboxylic acids is 1. The van der Waals surface area contributed by atoms with Crippen molar-refractivity contribution in [2.45, 2.75) is 38.0 Å². The van der Waals surface area contributed by atoms with Crippen LogP contribution in [0.1, 0.15) is 48.7 Å². The molecule has 2 heterocycles. The third kappa shape index (κ3) is 2.84. The van der Waals surface area contributed by atoms with Crippen molar-refractivity contribution in [3.63, 3.8) is 0 Å². The highest BCUT2D eigenvalue weighted by atomic mass is 32.1. The maximum Gasteiger partial charge on any atom is 0.313 e. The molecule has 0 spiro atoms. The van der Waals surface area contributed by atoms with Crippen molar-refractivity contribution in [3.8, 4) is 0 Å². The van der Waals surface area contributed by atoms with Crippen LogP contribution in [0, 0.1) is 0 Å². The first-order valence-electron chi connectivity index (χ1n) is 5.98. The normalized spacial score (nSPS) is 19.1. The van der Waals surface area contributed by atoms with Crippen LogP contribution in [0.5, 0.6) is 0 Å². The number of rotatable bonds is 4. The van der Waals surface area contributed by atoms with E-state index in [0.717, 1.165) is 36.8 Å². The number of carboxylic acid groups (broad SMARTS) is 1. The first-order chi connectivity index (χ1) is 8.22. The number of hydrogen-bond donors (Lipinski definition) is 1. The number of hydrogen-bond acceptors (Lipinski definition) is 4. The van der Waals surface area contributed by atoms with Gasteiger partial charge in [0.1, 0.15) is 10.9 Å². The second-order valence-corrected chi connectivity index (χ2v) is 5.19. The van der Waals surface area contributed by atoms with E-state index in [1.165, 1.54) is 11.3 Å². The lowest BCUT2D eigenvalue weighted by atomic mass is 9.97. The van der Waals surface area contributed by atoms with Gasteiger partial charge in [0.05, 0.1) is 5.69 Å². The summed E-state index contributed by atoms with van der Waals surface area (Å²) >= 11 is 1.47. The molecule has 1 aliphatic heterocycles. The molecule has 4 nitrogen and oxygen atoms in total. The fraction of sp³-hybridized carbons (Fsp3) is 0.667. The summed E-state index contributed by atoms with van der Waals surface area (Å²) in [5, 5.41) is 11.8. The van der Waals surface area contributed by atoms with E-state index in [9.17, 15) is 4.79 Å². The lowest BCUT2D eigenvalue weighted by molar-refractivity contribution is -0.138. The van der Waals surface area contributed by atoms with Gasteiger partial charge in [-0.15, -0.1) is 11.3 Å². The quantitative estimate of drug-likeness (QED) is 0.898. The summed E-state index contributed by atoms with van der Waals surface area (Å²) < 4.78 is 5.32. The van der Waals surface area contributed by atoms with Gasteiger partial charge < -0.3 is 9.84 Å². The molecule has 5 heteroatoms. The summed E-state index contributed by atoms with van der Waals surface area (Å²) in [5.41, 5.74) is 1.05. The molecule has 2 rings (SSSR count). The molecule has 1 fully saturated rings. The number of carboxylic acids is 1. The Morgan fingerprint density at radius 1 is 1.65 bits per heavy atom. The molecule has 0 radical (unpaired) electrons. The minimum absolute atomic E-state index is 0.444. The second kappa shape index (κ2) is 5.60. The average molecular weight is 255 g/mol. The molecule has 1 aromatic heterocycles. The van der Waals surface area contributed by atoms with Crippen LogP contribution in [0.3, 0.4) is 0 Å². The highest BCUT2D eigenvalue weighted by molar-refractivity contribution is 7.09. The summed E-state index contributed by atoms with van der Waals surface area (Å²) in [6.45, 7) is 3.45. The SMILES string of the molecule is CCC(C(=O)O)c1nc(C2CCOCC2)cs1. The summed E-state index contributed by atoms with van der Waals surface area (Å²) in [6.07, 6.45) is 2.58. The predicted molar refractivity (Wildman–Crippen MR) is 65.6 cm³/mol. The zero-order chi connectivity index (χ0) is 12.3. The van der Waals surface area contributed by atoms with Crippen molar-refractivity contribution >= 4 is 17.3 Å². The van der Waals surface area contributed by atoms with E-state index >= 15 is 0 Å². The Labute approximate surface area is 105 Å². The molecule has 1 atom stereocenters. The summed E-state index contributed by atoms with van der Waals surface area (Å²) in [5.74, 6) is -0.783. The first kappa shape index (κ1) is 12.5. The maximum absolute atomic E-state index is 11.1. The number of aromatic nitrogens is 1. The molecule has 17 heavy (non-hydrogen) atoms. The Kier molecular flexibility index (Phi) is 4.12. The fourth-order valence-corrected chi connectivity index (χ4v) is 3.17. The van der Waals surface area contributed by atoms with Gasteiger partial charge in [0.25, 0.3) is 0 Å². The van der Waals surface area contributed by atoms with Crippen molar-refractivity contribution in [1.82, 2.24) is 4.98 Å². The fourth-order valence-electron chi connectivity index (χ4n) is 2.10. The topological polar surface area (TPSA) is 59.4 Å². The van der Waals surface area contributed by atoms with Gasteiger partial charge in [-0.05, 0) is 19.3 Å². The molecule has 0 bridgehead atoms. The third-order valence-electron chi connectivity index (χ3n) is 3.18. The summed E-state index contributed by atoms with van der Waals surface area (Å²) in [6, 6.07) is 0. The Balaban J connectivity index is 2.11. The zero-order valence-electron chi connectivity index (χ0n) is 9.89. The van der Waals surface area contributed by atoms with Gasteiger partial charge in [-0.25, -0.2) is 4.98 Å². The van der Waals surface area contributed by atoms with Gasteiger partial charge in [-0.2, -0.15) is 0 Å². The Hall–Kier alpha value is -0.940. The van der Waals surface area contributed by atoms with Crippen molar-refractivity contribution in [1.29, 1.82) is 0 Å². The Morgan fingerprint density at radius 2 is 2.35 bits per heavy atom. The largest absolute Gasteiger partial charge is 0.481 e. The highest BCUT2D eigenvalue weighted by Crippen LogP contribution is 2.31. The van der Waals surface area contributed by atoms with Gasteiger partial charge in [0, 0.05) is 24.5 Å². The van der Waals surface area contributed by atoms with E-state index in [-0.39, 0.29) is 0 Å². The monoisotopic (exact) mass is 255 g/mol. The van der Waals surface area contributed by atoms with Crippen LogP contribution in [0.25, 0.3) is 0 Å². The van der Waals surface area contributed by atoms with Crippen molar-refractivity contribution in [2.24, 2.45) is 0 Å². The van der Waals surface area contributed by atoms with Gasteiger partial charge >= 0.3 is 5.97 Å². The van der Waals surface area contributed by atoms with Crippen molar-refractivity contribution < 1.29 is 14.6 Å². The van der Waals surface area contributed by atoms with Gasteiger partial charge in [0.2, 0.25) is 0 Å². The van der Waals surface area contributed by atoms with Gasteiger partial charge in [-0.1, -0.05) is 6.92 Å². The van der Waals surface area contributed by atoms with Crippen LogP contribution in [0.15, 0.2) is 5.38 Å². The standard InChI is InChI=1S/C12H17NO3S/c1-2-9(12(14)15)11-13-10(7-17-11)8-3-5-16-6-4-8/h7-9H,2-6H2,1H3,(H,14,15). The molecule has 1 saturated heterocycles. The molecule has 0 aliphatic carbocycles. The molecule has 1 aromatic rings. The van der Waals surface area contributed by atoms with E-state index < -0.39 is 11.9 Å². The number of nitrogens with zero attached hydrogens (tertiary/aromatic N) is 1. The number of ether oxygens (including phenoxy) is 1. The van der Waals surface area contributed by atoms with Crippen LogP contribution in [0.4, 0.5) is 0 Å². The molecule has 94 valence electrons. The minimum atomic E-state index is -0.777. The van der Waals surface area contributed by atoms with Crippen LogP contribution >= 0.6 is 11.3 Å². The summed E-state index contributed by atoms with van der Waals surface area (Å²) in [4.78, 5) is 15.6. The van der Waals surface area contributed by atoms with Crippen LogP contribution < -0.4 is 0 Å². The molecule has 1 aliphatic rings. The van der Waals surface area contributed by atoms with Crippen molar-refractivity contribution in [2.75, 3.05) is 13.2 Å². The second-order valence-electron chi connectivity index (χ2n) is 4.30. The van der Waals surface area contributed by atoms with E-state index in [1.807, 2.05) is 12.3 Å². The van der Waals surface area contributed by atoms with Crippen LogP contribution in [0.2, 0.25) is 0 Å². The Morgan fingerprint density at radius 3 is 2.94 bits per heavy atom. The van der Waals surface area contributed by atoms with E-state index in [2.05, 4.69) is 4.98 Å². The van der Waals surface area contributed by atoms with Crippen LogP contribution in [-0.2, 0) is 9.53 Å². The third-order valence-corrected chi connectivity index (χ3v) is 4.16. The highest BCUT2D eigenvalue weighted by Gasteiger charge is 2.24. The molecule has 0 saturated carbocycles. The first-order valence-corrected chi connectivity index (χ1v) is 6.86. The molecule has 1 N–H and O–H groups in total. The predicted octanol–water partition coefficient (Wildman–Crippen LogP) is 2.62.